The van der Waals surface area contributed by atoms with E-state index >= 15 is 0 Å². The number of fused-ring (bicyclic) bond motifs is 1. The Morgan fingerprint density at radius 1 is 1.18 bits per heavy atom. The fourth-order valence-corrected chi connectivity index (χ4v) is 4.25. The number of methoxy groups -OCH3 is 1. The van der Waals surface area contributed by atoms with Crippen LogP contribution in [-0.4, -0.2) is 30.5 Å². The highest BCUT2D eigenvalue weighted by atomic mass is 32.1. The van der Waals surface area contributed by atoms with Crippen molar-refractivity contribution in [2.75, 3.05) is 18.6 Å². The van der Waals surface area contributed by atoms with E-state index in [2.05, 4.69) is 4.98 Å². The second kappa shape index (κ2) is 7.52. The number of hydrogen-bond acceptors (Lipinski definition) is 5. The molecular formula is C21H17FN2O3S. The average molecular weight is 396 g/mol. The van der Waals surface area contributed by atoms with Crippen molar-refractivity contribution in [3.05, 3.63) is 71.0 Å². The van der Waals surface area contributed by atoms with E-state index in [1.165, 1.54) is 24.5 Å². The number of carbonyl (C=O) groups excluding carboxylic acids is 2. The summed E-state index contributed by atoms with van der Waals surface area (Å²) in [6.45, 7) is 0.377. The van der Waals surface area contributed by atoms with Gasteiger partial charge in [-0.3, -0.25) is 9.59 Å². The number of ether oxygens (including phenoxy) is 1. The number of nitrogens with zero attached hydrogens (tertiary/aromatic N) is 2. The van der Waals surface area contributed by atoms with Crippen molar-refractivity contribution in [3.8, 4) is 10.6 Å². The first kappa shape index (κ1) is 18.3. The first-order valence-corrected chi connectivity index (χ1v) is 9.67. The zero-order valence-electron chi connectivity index (χ0n) is 15.1. The lowest BCUT2D eigenvalue weighted by atomic mass is 9.90. The predicted octanol–water partition coefficient (Wildman–Crippen LogP) is 4.26. The fourth-order valence-electron chi connectivity index (χ4n) is 3.43. The molecule has 2 heterocycles. The third kappa shape index (κ3) is 3.18. The summed E-state index contributed by atoms with van der Waals surface area (Å²) in [6, 6.07) is 13.7. The number of carbonyl (C=O) groups is 2. The summed E-state index contributed by atoms with van der Waals surface area (Å²) in [5, 5.41) is 2.10. The van der Waals surface area contributed by atoms with Crippen molar-refractivity contribution in [2.45, 2.75) is 12.3 Å². The summed E-state index contributed by atoms with van der Waals surface area (Å²) in [7, 11) is 1.36. The van der Waals surface area contributed by atoms with Crippen LogP contribution in [0.25, 0.3) is 10.6 Å². The molecule has 1 aliphatic rings. The first-order chi connectivity index (χ1) is 13.6. The molecule has 142 valence electrons. The van der Waals surface area contributed by atoms with Crippen molar-refractivity contribution >= 4 is 28.9 Å². The van der Waals surface area contributed by atoms with Crippen LogP contribution in [0.3, 0.4) is 0 Å². The average Bonchev–Trinajstić information content (AvgIpc) is 3.22. The Bertz CT molecular complexity index is 1050. The van der Waals surface area contributed by atoms with Crippen molar-refractivity contribution in [1.29, 1.82) is 0 Å². The van der Waals surface area contributed by atoms with E-state index in [4.69, 9.17) is 4.74 Å². The van der Waals surface area contributed by atoms with E-state index in [0.717, 1.165) is 5.56 Å². The third-order valence-corrected chi connectivity index (χ3v) is 5.68. The Kier molecular flexibility index (Phi) is 4.92. The molecule has 0 radical (unpaired) electrons. The second-order valence-corrected chi connectivity index (χ2v) is 7.26. The van der Waals surface area contributed by atoms with Crippen molar-refractivity contribution in [3.63, 3.8) is 0 Å². The summed E-state index contributed by atoms with van der Waals surface area (Å²) in [4.78, 5) is 31.2. The van der Waals surface area contributed by atoms with E-state index in [9.17, 15) is 14.0 Å². The van der Waals surface area contributed by atoms with Crippen LogP contribution in [0.15, 0.2) is 53.9 Å². The number of hydrogen-bond donors (Lipinski definition) is 0. The van der Waals surface area contributed by atoms with Crippen LogP contribution in [0.1, 0.15) is 28.4 Å². The zero-order chi connectivity index (χ0) is 19.7. The quantitative estimate of drug-likeness (QED) is 0.621. The van der Waals surface area contributed by atoms with E-state index in [1.54, 1.807) is 28.5 Å². The minimum Gasteiger partial charge on any atom is -0.469 e. The summed E-state index contributed by atoms with van der Waals surface area (Å²) in [5.41, 5.74) is 2.07. The number of rotatable bonds is 3. The molecule has 0 saturated carbocycles. The van der Waals surface area contributed by atoms with Crippen molar-refractivity contribution in [2.24, 2.45) is 0 Å². The number of amides is 1. The molecule has 0 unspecified atom stereocenters. The third-order valence-electron chi connectivity index (χ3n) is 4.80. The fraction of sp³-hybridized carbons (Fsp3) is 0.190. The molecule has 0 spiro atoms. The van der Waals surface area contributed by atoms with Gasteiger partial charge in [-0.1, -0.05) is 30.3 Å². The van der Waals surface area contributed by atoms with Crippen LogP contribution < -0.4 is 4.90 Å². The van der Waals surface area contributed by atoms with Gasteiger partial charge in [-0.05, 0) is 30.2 Å². The van der Waals surface area contributed by atoms with E-state index < -0.39 is 5.92 Å². The standard InChI is InChI=1S/C21H17FN2O3S/c1-27-21(26)14-10-11-24(18-9-5-3-6-13(14)18)20(25)17-12-28-19(23-17)15-7-2-4-8-16(15)22/h2-9,12,14H,10-11H2,1H3/t14-/m1/s1. The van der Waals surface area contributed by atoms with Gasteiger partial charge in [-0.15, -0.1) is 11.3 Å². The van der Waals surface area contributed by atoms with Crippen LogP contribution >= 0.6 is 11.3 Å². The van der Waals surface area contributed by atoms with Gasteiger partial charge >= 0.3 is 5.97 Å². The molecule has 1 amide bonds. The van der Waals surface area contributed by atoms with Crippen molar-refractivity contribution < 1.29 is 18.7 Å². The van der Waals surface area contributed by atoms with E-state index in [-0.39, 0.29) is 23.4 Å². The normalized spacial score (nSPS) is 15.8. The minimum absolute atomic E-state index is 0.259. The highest BCUT2D eigenvalue weighted by Crippen LogP contribution is 2.37. The molecule has 0 N–H and O–H groups in total. The SMILES string of the molecule is COC(=O)[C@@H]1CCN(C(=O)c2csc(-c3ccccc3F)n2)c2ccccc21. The monoisotopic (exact) mass is 396 g/mol. The van der Waals surface area contributed by atoms with Gasteiger partial charge in [0.15, 0.2) is 0 Å². The van der Waals surface area contributed by atoms with Gasteiger partial charge in [-0.2, -0.15) is 0 Å². The number of thiazole rings is 1. The van der Waals surface area contributed by atoms with Crippen LogP contribution in [-0.2, 0) is 9.53 Å². The highest BCUT2D eigenvalue weighted by Gasteiger charge is 2.34. The Hall–Kier alpha value is -3.06. The molecule has 2 aromatic carbocycles. The molecule has 5 nitrogen and oxygen atoms in total. The Labute approximate surface area is 165 Å². The smallest absolute Gasteiger partial charge is 0.313 e. The van der Waals surface area contributed by atoms with Crippen molar-refractivity contribution in [1.82, 2.24) is 4.98 Å². The molecule has 0 aliphatic carbocycles. The lowest BCUT2D eigenvalue weighted by Gasteiger charge is -2.32. The highest BCUT2D eigenvalue weighted by molar-refractivity contribution is 7.13. The van der Waals surface area contributed by atoms with Gasteiger partial charge in [0, 0.05) is 23.2 Å². The topological polar surface area (TPSA) is 59.5 Å². The second-order valence-electron chi connectivity index (χ2n) is 6.40. The number of esters is 1. The minimum atomic E-state index is -0.394. The Balaban J connectivity index is 1.66. The van der Waals surface area contributed by atoms with Crippen LogP contribution in [0, 0.1) is 5.82 Å². The molecule has 4 rings (SSSR count). The van der Waals surface area contributed by atoms with Crippen LogP contribution in [0.5, 0.6) is 0 Å². The maximum atomic E-state index is 14.0. The molecule has 7 heteroatoms. The van der Waals surface area contributed by atoms with Gasteiger partial charge in [0.1, 0.15) is 16.5 Å². The Morgan fingerprint density at radius 3 is 2.71 bits per heavy atom. The number of para-hydroxylation sites is 1. The maximum absolute atomic E-state index is 14.0. The van der Waals surface area contributed by atoms with Gasteiger partial charge < -0.3 is 9.64 Å². The first-order valence-electron chi connectivity index (χ1n) is 8.79. The molecule has 28 heavy (non-hydrogen) atoms. The molecule has 1 aliphatic heterocycles. The summed E-state index contributed by atoms with van der Waals surface area (Å²) in [6.07, 6.45) is 0.472. The van der Waals surface area contributed by atoms with Gasteiger partial charge in [0.25, 0.3) is 5.91 Å². The number of aromatic nitrogens is 1. The molecule has 0 fully saturated rings. The summed E-state index contributed by atoms with van der Waals surface area (Å²) < 4.78 is 18.9. The number of halogens is 1. The Morgan fingerprint density at radius 2 is 1.93 bits per heavy atom. The molecular weight excluding hydrogens is 379 g/mol. The zero-order valence-corrected chi connectivity index (χ0v) is 15.9. The molecule has 3 aromatic rings. The van der Waals surface area contributed by atoms with Gasteiger partial charge in [-0.25, -0.2) is 9.37 Å². The molecule has 1 aromatic heterocycles. The van der Waals surface area contributed by atoms with Gasteiger partial charge in [0.05, 0.1) is 13.0 Å². The maximum Gasteiger partial charge on any atom is 0.313 e. The molecule has 0 bridgehead atoms. The summed E-state index contributed by atoms with van der Waals surface area (Å²) in [5.74, 6) is -1.35. The van der Waals surface area contributed by atoms with Crippen LogP contribution in [0.4, 0.5) is 10.1 Å². The lowest BCUT2D eigenvalue weighted by Crippen LogP contribution is -2.38. The summed E-state index contributed by atoms with van der Waals surface area (Å²) >= 11 is 1.23. The van der Waals surface area contributed by atoms with Gasteiger partial charge in [0.2, 0.25) is 0 Å². The van der Waals surface area contributed by atoms with E-state index in [1.807, 2.05) is 24.3 Å². The molecule has 1 atom stereocenters. The van der Waals surface area contributed by atoms with E-state index in [0.29, 0.717) is 29.2 Å². The van der Waals surface area contributed by atoms with Crippen LogP contribution in [0.2, 0.25) is 0 Å². The number of benzene rings is 2. The lowest BCUT2D eigenvalue weighted by molar-refractivity contribution is -0.142. The number of anilines is 1. The molecule has 0 saturated heterocycles. The predicted molar refractivity (Wildman–Crippen MR) is 105 cm³/mol. The largest absolute Gasteiger partial charge is 0.469 e.